The lowest BCUT2D eigenvalue weighted by atomic mass is 10.0. The van der Waals surface area contributed by atoms with Crippen LogP contribution in [0.5, 0.6) is 5.75 Å². The summed E-state index contributed by atoms with van der Waals surface area (Å²) in [6, 6.07) is 17.7. The molecule has 1 aromatic heterocycles. The van der Waals surface area contributed by atoms with Crippen molar-refractivity contribution in [1.82, 2.24) is 4.90 Å². The predicted molar refractivity (Wildman–Crippen MR) is 134 cm³/mol. The lowest BCUT2D eigenvalue weighted by Crippen LogP contribution is -2.36. The molecular weight excluding hydrogens is 432 g/mol. The monoisotopic (exact) mass is 460 g/mol. The summed E-state index contributed by atoms with van der Waals surface area (Å²) in [7, 11) is 0. The first-order chi connectivity index (χ1) is 15.8. The smallest absolute Gasteiger partial charge is 0.278 e. The number of benzene rings is 2. The Morgan fingerprint density at radius 1 is 0.970 bits per heavy atom. The van der Waals surface area contributed by atoms with E-state index in [-0.39, 0.29) is 25.0 Å². The van der Waals surface area contributed by atoms with Crippen molar-refractivity contribution < 1.29 is 14.3 Å². The Balaban J connectivity index is 1.53. The van der Waals surface area contributed by atoms with Crippen LogP contribution in [-0.4, -0.2) is 29.9 Å². The van der Waals surface area contributed by atoms with E-state index in [1.807, 2.05) is 67.8 Å². The number of carbonyl (C=O) groups is 2. The third-order valence-corrected chi connectivity index (χ3v) is 6.45. The zero-order valence-corrected chi connectivity index (χ0v) is 20.2. The van der Waals surface area contributed by atoms with E-state index < -0.39 is 0 Å². The van der Waals surface area contributed by atoms with Crippen LogP contribution in [-0.2, 0) is 9.59 Å². The van der Waals surface area contributed by atoms with Crippen LogP contribution in [0.1, 0.15) is 41.3 Å². The average molecular weight is 461 g/mol. The van der Waals surface area contributed by atoms with E-state index in [4.69, 9.17) is 4.74 Å². The average Bonchev–Trinajstić information content (AvgIpc) is 3.36. The van der Waals surface area contributed by atoms with Gasteiger partial charge in [-0.15, -0.1) is 11.3 Å². The minimum absolute atomic E-state index is 0.178. The summed E-state index contributed by atoms with van der Waals surface area (Å²) in [6.45, 7) is 8.70. The zero-order valence-electron chi connectivity index (χ0n) is 19.3. The molecule has 2 amide bonds. The van der Waals surface area contributed by atoms with Crippen molar-refractivity contribution in [3.8, 4) is 5.75 Å². The summed E-state index contributed by atoms with van der Waals surface area (Å²) in [6.07, 6.45) is 0. The van der Waals surface area contributed by atoms with Gasteiger partial charge < -0.3 is 10.1 Å². The van der Waals surface area contributed by atoms with E-state index in [0.29, 0.717) is 17.2 Å². The highest BCUT2D eigenvalue weighted by Crippen LogP contribution is 2.33. The van der Waals surface area contributed by atoms with Gasteiger partial charge in [-0.25, -0.2) is 0 Å². The number of hydrogen-bond acceptors (Lipinski definition) is 5. The van der Waals surface area contributed by atoms with Gasteiger partial charge in [0.15, 0.2) is 0 Å². The van der Waals surface area contributed by atoms with E-state index >= 15 is 0 Å². The minimum Gasteiger partial charge on any atom is -0.492 e. The summed E-state index contributed by atoms with van der Waals surface area (Å²) >= 11 is 1.44. The number of rotatable bonds is 8. The third kappa shape index (κ3) is 5.01. The van der Waals surface area contributed by atoms with Gasteiger partial charge in [-0.05, 0) is 72.2 Å². The summed E-state index contributed by atoms with van der Waals surface area (Å²) in [5.41, 5.74) is 4.93. The molecule has 2 heterocycles. The number of anilines is 1. The second-order valence-corrected chi connectivity index (χ2v) is 9.51. The molecule has 2 aromatic carbocycles. The number of ether oxygens (including phenoxy) is 1. The molecule has 0 aliphatic carbocycles. The maximum absolute atomic E-state index is 13.3. The first-order valence-corrected chi connectivity index (χ1v) is 11.9. The van der Waals surface area contributed by atoms with Gasteiger partial charge in [-0.3, -0.25) is 14.5 Å². The minimum atomic E-state index is -0.333. The fourth-order valence-electron chi connectivity index (χ4n) is 3.91. The van der Waals surface area contributed by atoms with Gasteiger partial charge in [-0.1, -0.05) is 38.1 Å². The second-order valence-electron chi connectivity index (χ2n) is 8.56. The molecule has 1 aliphatic rings. The van der Waals surface area contributed by atoms with Crippen molar-refractivity contribution in [2.24, 2.45) is 0 Å². The Hall–Kier alpha value is -3.38. The number of aryl methyl sites for hydroxylation is 2. The Morgan fingerprint density at radius 3 is 2.27 bits per heavy atom. The van der Waals surface area contributed by atoms with Crippen LogP contribution in [0.25, 0.3) is 5.57 Å². The van der Waals surface area contributed by atoms with Gasteiger partial charge in [0, 0.05) is 10.6 Å². The van der Waals surface area contributed by atoms with Gasteiger partial charge in [0.2, 0.25) is 0 Å². The lowest BCUT2D eigenvalue weighted by molar-refractivity contribution is -0.137. The topological polar surface area (TPSA) is 58.6 Å². The molecule has 0 fully saturated rings. The molecule has 0 radical (unpaired) electrons. The van der Waals surface area contributed by atoms with Crippen molar-refractivity contribution >= 4 is 34.4 Å². The first-order valence-electron chi connectivity index (χ1n) is 11.1. The first kappa shape index (κ1) is 22.8. The molecule has 1 N–H and O–H groups in total. The van der Waals surface area contributed by atoms with Gasteiger partial charge in [0.1, 0.15) is 18.1 Å². The van der Waals surface area contributed by atoms with Crippen LogP contribution in [0.2, 0.25) is 0 Å². The maximum Gasteiger partial charge on any atom is 0.278 e. The van der Waals surface area contributed by atoms with Gasteiger partial charge >= 0.3 is 0 Å². The van der Waals surface area contributed by atoms with Crippen molar-refractivity contribution in [2.75, 3.05) is 18.5 Å². The van der Waals surface area contributed by atoms with Crippen molar-refractivity contribution in [3.05, 3.63) is 87.2 Å². The number of thiophene rings is 1. The quantitative estimate of drug-likeness (QED) is 0.434. The molecule has 3 aromatic rings. The SMILES string of the molecule is Cc1cc(C)cc(OCCN2C(=O)C(Nc3ccc(C(C)C)cc3)=C(c3cccs3)C2=O)c1. The predicted octanol–water partition coefficient (Wildman–Crippen LogP) is 5.76. The Bertz CT molecular complexity index is 1170. The molecule has 6 heteroatoms. The van der Waals surface area contributed by atoms with Crippen LogP contribution >= 0.6 is 11.3 Å². The van der Waals surface area contributed by atoms with Crippen molar-refractivity contribution in [3.63, 3.8) is 0 Å². The Kier molecular flexibility index (Phi) is 6.65. The molecule has 4 rings (SSSR count). The van der Waals surface area contributed by atoms with Gasteiger partial charge in [0.25, 0.3) is 11.8 Å². The van der Waals surface area contributed by atoms with Crippen LogP contribution in [0.3, 0.4) is 0 Å². The van der Waals surface area contributed by atoms with Crippen molar-refractivity contribution in [1.29, 1.82) is 0 Å². The summed E-state index contributed by atoms with van der Waals surface area (Å²) in [4.78, 5) is 28.6. The molecule has 0 saturated heterocycles. The third-order valence-electron chi connectivity index (χ3n) is 5.56. The Morgan fingerprint density at radius 2 is 1.67 bits per heavy atom. The highest BCUT2D eigenvalue weighted by atomic mass is 32.1. The fourth-order valence-corrected chi connectivity index (χ4v) is 4.68. The molecule has 0 bridgehead atoms. The number of nitrogens with one attached hydrogen (secondary N) is 1. The number of carbonyl (C=O) groups excluding carboxylic acids is 2. The summed E-state index contributed by atoms with van der Waals surface area (Å²) in [5, 5.41) is 5.12. The van der Waals surface area contributed by atoms with E-state index in [1.54, 1.807) is 0 Å². The van der Waals surface area contributed by atoms with Crippen LogP contribution in [0.4, 0.5) is 5.69 Å². The molecule has 0 saturated carbocycles. The molecule has 1 aliphatic heterocycles. The van der Waals surface area contributed by atoms with Crippen LogP contribution in [0, 0.1) is 13.8 Å². The maximum atomic E-state index is 13.3. The van der Waals surface area contributed by atoms with Gasteiger partial charge in [-0.2, -0.15) is 0 Å². The fraction of sp³-hybridized carbons (Fsp3) is 0.259. The molecule has 5 nitrogen and oxygen atoms in total. The van der Waals surface area contributed by atoms with E-state index in [1.165, 1.54) is 21.8 Å². The molecule has 0 unspecified atom stereocenters. The standard InChI is InChI=1S/C27H28N2O3S/c1-17(2)20-7-9-21(10-8-20)28-25-24(23-6-5-13-33-23)26(30)29(27(25)31)11-12-32-22-15-18(3)14-19(4)16-22/h5-10,13-17,28H,11-12H2,1-4H3. The summed E-state index contributed by atoms with van der Waals surface area (Å²) < 4.78 is 5.86. The number of imide groups is 1. The number of nitrogens with zero attached hydrogens (tertiary/aromatic N) is 1. The number of amides is 2. The number of hydrogen-bond donors (Lipinski definition) is 1. The largest absolute Gasteiger partial charge is 0.492 e. The van der Waals surface area contributed by atoms with Crippen LogP contribution in [0.15, 0.2) is 65.7 Å². The second kappa shape index (κ2) is 9.63. The highest BCUT2D eigenvalue weighted by Gasteiger charge is 2.39. The molecule has 33 heavy (non-hydrogen) atoms. The normalized spacial score (nSPS) is 13.9. The summed E-state index contributed by atoms with van der Waals surface area (Å²) in [5.74, 6) is 0.525. The highest BCUT2D eigenvalue weighted by molar-refractivity contribution is 7.11. The molecular formula is C27H28N2O3S. The van der Waals surface area contributed by atoms with E-state index in [9.17, 15) is 9.59 Å². The molecule has 0 atom stereocenters. The van der Waals surface area contributed by atoms with Crippen molar-refractivity contribution in [2.45, 2.75) is 33.6 Å². The molecule has 0 spiro atoms. The van der Waals surface area contributed by atoms with Gasteiger partial charge in [0.05, 0.1) is 12.1 Å². The lowest BCUT2D eigenvalue weighted by Gasteiger charge is -2.16. The van der Waals surface area contributed by atoms with E-state index in [2.05, 4.69) is 25.2 Å². The van der Waals surface area contributed by atoms with Crippen LogP contribution < -0.4 is 10.1 Å². The Labute approximate surface area is 198 Å². The molecule has 170 valence electrons. The van der Waals surface area contributed by atoms with E-state index in [0.717, 1.165) is 27.4 Å². The zero-order chi connectivity index (χ0) is 23.5.